The topological polar surface area (TPSA) is 46.5 Å². The van der Waals surface area contributed by atoms with E-state index in [4.69, 9.17) is 4.74 Å². The van der Waals surface area contributed by atoms with Crippen LogP contribution in [0.25, 0.3) is 0 Å². The van der Waals surface area contributed by atoms with Crippen molar-refractivity contribution in [3.05, 3.63) is 0 Å². The Hall–Kier alpha value is -0.570. The number of carbonyl (C=O) groups is 1. The zero-order chi connectivity index (χ0) is 18.5. The fraction of sp³-hybridized carbons (Fsp3) is 0.955. The SMILES string of the molecule is CC(=O)OCC1(C)CCCC2(C)C1CCC1CC(C(C)C)CCC12O. The van der Waals surface area contributed by atoms with Crippen LogP contribution >= 0.6 is 0 Å². The Kier molecular flexibility index (Phi) is 5.03. The van der Waals surface area contributed by atoms with Gasteiger partial charge < -0.3 is 9.84 Å². The molecule has 0 aromatic rings. The number of carbonyl (C=O) groups excluding carboxylic acids is 1. The number of aliphatic hydroxyl groups is 1. The van der Waals surface area contributed by atoms with E-state index >= 15 is 0 Å². The zero-order valence-corrected chi connectivity index (χ0v) is 16.9. The number of hydrogen-bond donors (Lipinski definition) is 1. The Bertz CT molecular complexity index is 515. The van der Waals surface area contributed by atoms with Gasteiger partial charge in [-0.25, -0.2) is 0 Å². The third-order valence-corrected chi connectivity index (χ3v) is 8.55. The maximum Gasteiger partial charge on any atom is 0.302 e. The van der Waals surface area contributed by atoms with Crippen LogP contribution in [0.3, 0.4) is 0 Å². The maximum atomic E-state index is 11.9. The van der Waals surface area contributed by atoms with E-state index in [2.05, 4.69) is 27.7 Å². The molecule has 25 heavy (non-hydrogen) atoms. The molecule has 0 aromatic heterocycles. The van der Waals surface area contributed by atoms with Gasteiger partial charge in [0.2, 0.25) is 0 Å². The van der Waals surface area contributed by atoms with E-state index in [-0.39, 0.29) is 16.8 Å². The minimum Gasteiger partial charge on any atom is -0.465 e. The van der Waals surface area contributed by atoms with Crippen LogP contribution in [-0.4, -0.2) is 23.3 Å². The highest BCUT2D eigenvalue weighted by Crippen LogP contribution is 2.66. The van der Waals surface area contributed by atoms with Gasteiger partial charge in [-0.2, -0.15) is 0 Å². The Morgan fingerprint density at radius 3 is 2.52 bits per heavy atom. The molecule has 0 heterocycles. The minimum absolute atomic E-state index is 0.00820. The van der Waals surface area contributed by atoms with Gasteiger partial charge in [0.05, 0.1) is 12.2 Å². The Morgan fingerprint density at radius 2 is 1.88 bits per heavy atom. The average molecular weight is 351 g/mol. The molecule has 0 aromatic carbocycles. The first-order valence-electron chi connectivity index (χ1n) is 10.5. The van der Waals surface area contributed by atoms with Crippen LogP contribution in [0, 0.1) is 34.5 Å². The lowest BCUT2D eigenvalue weighted by Crippen LogP contribution is -2.65. The predicted octanol–water partition coefficient (Wildman–Crippen LogP) is 4.96. The van der Waals surface area contributed by atoms with Gasteiger partial charge in [-0.1, -0.05) is 34.1 Å². The second-order valence-corrected chi connectivity index (χ2v) is 10.2. The van der Waals surface area contributed by atoms with Crippen molar-refractivity contribution in [3.63, 3.8) is 0 Å². The molecule has 0 spiro atoms. The molecule has 144 valence electrons. The average Bonchev–Trinajstić information content (AvgIpc) is 2.53. The summed E-state index contributed by atoms with van der Waals surface area (Å²) < 4.78 is 5.48. The zero-order valence-electron chi connectivity index (χ0n) is 16.9. The highest BCUT2D eigenvalue weighted by atomic mass is 16.5. The smallest absolute Gasteiger partial charge is 0.302 e. The van der Waals surface area contributed by atoms with Gasteiger partial charge in [0.1, 0.15) is 0 Å². The second kappa shape index (κ2) is 6.55. The van der Waals surface area contributed by atoms with E-state index in [1.807, 2.05) is 0 Å². The van der Waals surface area contributed by atoms with Crippen LogP contribution in [0.5, 0.6) is 0 Å². The third-order valence-electron chi connectivity index (χ3n) is 8.55. The normalized spacial score (nSPS) is 47.1. The Labute approximate surface area is 153 Å². The lowest BCUT2D eigenvalue weighted by atomic mass is 9.42. The van der Waals surface area contributed by atoms with Gasteiger partial charge in [0.25, 0.3) is 0 Å². The van der Waals surface area contributed by atoms with Gasteiger partial charge in [-0.15, -0.1) is 0 Å². The summed E-state index contributed by atoms with van der Waals surface area (Å²) in [5, 5.41) is 11.9. The highest BCUT2D eigenvalue weighted by molar-refractivity contribution is 5.65. The lowest BCUT2D eigenvalue weighted by molar-refractivity contribution is -0.239. The van der Waals surface area contributed by atoms with E-state index in [9.17, 15) is 9.90 Å². The van der Waals surface area contributed by atoms with E-state index in [1.54, 1.807) is 0 Å². The summed E-state index contributed by atoms with van der Waals surface area (Å²) in [6.45, 7) is 11.3. The van der Waals surface area contributed by atoms with Crippen molar-refractivity contribution >= 4 is 5.97 Å². The third kappa shape index (κ3) is 3.05. The summed E-state index contributed by atoms with van der Waals surface area (Å²) >= 11 is 0. The minimum atomic E-state index is -0.529. The number of esters is 1. The van der Waals surface area contributed by atoms with Crippen LogP contribution in [-0.2, 0) is 9.53 Å². The van der Waals surface area contributed by atoms with Gasteiger partial charge in [-0.05, 0) is 68.6 Å². The Balaban J connectivity index is 1.86. The molecular weight excluding hydrogens is 312 g/mol. The van der Waals surface area contributed by atoms with Crippen LogP contribution in [0.1, 0.15) is 86.0 Å². The molecule has 3 fully saturated rings. The summed E-state index contributed by atoms with van der Waals surface area (Å²) in [7, 11) is 0. The number of fused-ring (bicyclic) bond motifs is 3. The van der Waals surface area contributed by atoms with Crippen molar-refractivity contribution in [1.29, 1.82) is 0 Å². The van der Waals surface area contributed by atoms with Crippen LogP contribution in [0.4, 0.5) is 0 Å². The van der Waals surface area contributed by atoms with Gasteiger partial charge >= 0.3 is 5.97 Å². The van der Waals surface area contributed by atoms with Crippen molar-refractivity contribution in [3.8, 4) is 0 Å². The standard InChI is InChI=1S/C22H38O3/c1-15(2)17-9-12-22(24)18(13-17)7-8-19-20(4,14-25-16(3)23)10-6-11-21(19,22)5/h15,17-19,24H,6-14H2,1-5H3. The van der Waals surface area contributed by atoms with Gasteiger partial charge in [-0.3, -0.25) is 4.79 Å². The molecule has 3 saturated carbocycles. The Morgan fingerprint density at radius 1 is 1.16 bits per heavy atom. The van der Waals surface area contributed by atoms with Crippen molar-refractivity contribution in [1.82, 2.24) is 0 Å². The first kappa shape index (κ1) is 19.2. The predicted molar refractivity (Wildman–Crippen MR) is 100 cm³/mol. The lowest BCUT2D eigenvalue weighted by Gasteiger charge is -2.65. The number of ether oxygens (including phenoxy) is 1. The largest absolute Gasteiger partial charge is 0.465 e. The number of rotatable bonds is 3. The molecule has 6 atom stereocenters. The molecule has 6 unspecified atom stereocenters. The van der Waals surface area contributed by atoms with Crippen LogP contribution in [0.15, 0.2) is 0 Å². The molecule has 3 nitrogen and oxygen atoms in total. The van der Waals surface area contributed by atoms with Gasteiger partial charge in [0.15, 0.2) is 0 Å². The summed E-state index contributed by atoms with van der Waals surface area (Å²) in [6, 6.07) is 0. The molecular formula is C22H38O3. The van der Waals surface area contributed by atoms with Crippen molar-refractivity contribution in [2.24, 2.45) is 34.5 Å². The molecule has 3 aliphatic carbocycles. The molecule has 0 amide bonds. The summed E-state index contributed by atoms with van der Waals surface area (Å²) in [4.78, 5) is 11.4. The maximum absolute atomic E-state index is 11.9. The molecule has 3 aliphatic rings. The summed E-state index contributed by atoms with van der Waals surface area (Å²) in [6.07, 6.45) is 8.97. The first-order valence-corrected chi connectivity index (χ1v) is 10.5. The quantitative estimate of drug-likeness (QED) is 0.732. The van der Waals surface area contributed by atoms with Crippen molar-refractivity contribution in [2.45, 2.75) is 91.6 Å². The summed E-state index contributed by atoms with van der Waals surface area (Å²) in [5.41, 5.74) is -0.557. The van der Waals surface area contributed by atoms with E-state index in [0.29, 0.717) is 18.4 Å². The van der Waals surface area contributed by atoms with Gasteiger partial charge in [0, 0.05) is 17.8 Å². The molecule has 0 aliphatic heterocycles. The highest BCUT2D eigenvalue weighted by Gasteiger charge is 2.64. The second-order valence-electron chi connectivity index (χ2n) is 10.2. The molecule has 3 rings (SSSR count). The molecule has 3 heteroatoms. The molecule has 0 radical (unpaired) electrons. The van der Waals surface area contributed by atoms with Crippen molar-refractivity contribution < 1.29 is 14.6 Å². The van der Waals surface area contributed by atoms with Crippen LogP contribution in [0.2, 0.25) is 0 Å². The monoisotopic (exact) mass is 350 g/mol. The fourth-order valence-corrected chi connectivity index (χ4v) is 6.97. The van der Waals surface area contributed by atoms with Crippen molar-refractivity contribution in [2.75, 3.05) is 6.61 Å². The van der Waals surface area contributed by atoms with E-state index in [1.165, 1.54) is 19.8 Å². The van der Waals surface area contributed by atoms with Crippen LogP contribution < -0.4 is 0 Å². The summed E-state index contributed by atoms with van der Waals surface area (Å²) in [5.74, 6) is 2.20. The molecule has 0 bridgehead atoms. The fourth-order valence-electron chi connectivity index (χ4n) is 6.97. The number of hydrogen-bond acceptors (Lipinski definition) is 3. The van der Waals surface area contributed by atoms with E-state index < -0.39 is 5.60 Å². The molecule has 0 saturated heterocycles. The molecule has 1 N–H and O–H groups in total. The van der Waals surface area contributed by atoms with E-state index in [0.717, 1.165) is 50.4 Å². The first-order chi connectivity index (χ1) is 11.6.